The fourth-order valence-electron chi connectivity index (χ4n) is 7.41. The minimum atomic E-state index is 0.0297. The van der Waals surface area contributed by atoms with Crippen LogP contribution >= 0.6 is 0 Å². The molecule has 0 N–H and O–H groups in total. The molecule has 0 bridgehead atoms. The summed E-state index contributed by atoms with van der Waals surface area (Å²) in [6.45, 7) is 30.0. The van der Waals surface area contributed by atoms with Gasteiger partial charge < -0.3 is 0 Å². The quantitative estimate of drug-likeness (QED) is 0.106. The summed E-state index contributed by atoms with van der Waals surface area (Å²) < 4.78 is 0. The van der Waals surface area contributed by atoms with Crippen molar-refractivity contribution in [3.05, 3.63) is 183 Å². The van der Waals surface area contributed by atoms with E-state index in [-0.39, 0.29) is 23.0 Å². The van der Waals surface area contributed by atoms with E-state index < -0.39 is 0 Å². The second-order valence-corrected chi connectivity index (χ2v) is 18.5. The van der Waals surface area contributed by atoms with Gasteiger partial charge in [-0.3, -0.25) is 0 Å². The van der Waals surface area contributed by atoms with Crippen LogP contribution in [-0.2, 0) is 22.7 Å². The van der Waals surface area contributed by atoms with Crippen molar-refractivity contribution >= 4 is 23.2 Å². The van der Waals surface area contributed by atoms with Gasteiger partial charge in [0, 0.05) is 0 Å². The Morgan fingerprint density at radius 3 is 1.48 bits per heavy atom. The fourth-order valence-corrected chi connectivity index (χ4v) is 7.41. The van der Waals surface area contributed by atoms with Gasteiger partial charge in [0.15, 0.2) is 0 Å². The summed E-state index contributed by atoms with van der Waals surface area (Å²) in [5.74, 6) is 0. The third-order valence-corrected chi connectivity index (χ3v) is 11.0. The molecule has 5 aromatic carbocycles. The third-order valence-electron chi connectivity index (χ3n) is 11.0. The fraction of sp³-hybridized carbons (Fsp3) is 0.321. The van der Waals surface area contributed by atoms with Crippen LogP contribution in [-0.4, -0.2) is 6.71 Å². The first-order chi connectivity index (χ1) is 25.4. The number of aryl methyl sites for hydroxylation is 2. The molecule has 0 heterocycles. The van der Waals surface area contributed by atoms with Crippen molar-refractivity contribution in [3.63, 3.8) is 0 Å². The van der Waals surface area contributed by atoms with Crippen LogP contribution in [0.1, 0.15) is 115 Å². The van der Waals surface area contributed by atoms with E-state index in [1.54, 1.807) is 0 Å². The van der Waals surface area contributed by atoms with E-state index in [9.17, 15) is 0 Å². The number of rotatable bonds is 9. The molecule has 5 aromatic rings. The molecule has 0 aromatic heterocycles. The molecule has 0 atom stereocenters. The molecule has 278 valence electrons. The first-order valence-electron chi connectivity index (χ1n) is 19.9. The number of hydrogen-bond donors (Lipinski definition) is 0. The van der Waals surface area contributed by atoms with Gasteiger partial charge in [0.2, 0.25) is 6.71 Å². The summed E-state index contributed by atoms with van der Waals surface area (Å²) in [5, 5.41) is 0. The number of benzene rings is 5. The zero-order chi connectivity index (χ0) is 39.4. The van der Waals surface area contributed by atoms with Crippen molar-refractivity contribution in [1.82, 2.24) is 0 Å². The van der Waals surface area contributed by atoms with Crippen molar-refractivity contribution in [2.75, 3.05) is 0 Å². The maximum absolute atomic E-state index is 2.51. The molecule has 54 heavy (non-hydrogen) atoms. The normalized spacial score (nSPS) is 13.3. The Labute approximate surface area is 329 Å². The molecule has 0 aliphatic heterocycles. The molecule has 0 aliphatic carbocycles. The van der Waals surface area contributed by atoms with E-state index in [2.05, 4.69) is 223 Å². The maximum Gasteiger partial charge on any atom is 0.238 e. The van der Waals surface area contributed by atoms with Crippen molar-refractivity contribution in [3.8, 4) is 11.1 Å². The Hall–Kier alpha value is -4.62. The average Bonchev–Trinajstić information content (AvgIpc) is 3.11. The summed E-state index contributed by atoms with van der Waals surface area (Å²) in [6.07, 6.45) is 7.73. The summed E-state index contributed by atoms with van der Waals surface area (Å²) in [5.41, 5.74) is 18.7. The lowest BCUT2D eigenvalue weighted by atomic mass is 9.33. The van der Waals surface area contributed by atoms with Crippen molar-refractivity contribution in [2.24, 2.45) is 0 Å². The summed E-state index contributed by atoms with van der Waals surface area (Å²) in [7, 11) is 0. The van der Waals surface area contributed by atoms with Gasteiger partial charge in [0.1, 0.15) is 0 Å². The zero-order valence-corrected chi connectivity index (χ0v) is 35.5. The number of hydrogen-bond acceptors (Lipinski definition) is 0. The van der Waals surface area contributed by atoms with Crippen LogP contribution in [0.5, 0.6) is 0 Å². The van der Waals surface area contributed by atoms with E-state index in [0.717, 1.165) is 6.42 Å². The van der Waals surface area contributed by atoms with E-state index in [0.29, 0.717) is 0 Å². The molecule has 0 unspecified atom stereocenters. The Kier molecular flexibility index (Phi) is 12.3. The highest BCUT2D eigenvalue weighted by Gasteiger charge is 2.31. The standard InChI is InChI=1S/C53H63B/c1-14-18-44(43-27-25-42(26-28-43)41-19-16-15-17-20-41)33-39(4)48(34-40-23-31-45(32-24-40)51(5,6)7)54(49-35-46(52(8,9)10)29-21-37(49)2)50-36-47(53(11,12)13)30-22-38(50)3/h14-33,35-36H,34H2,1-13H3/b18-14+,44-33+,48-39+. The van der Waals surface area contributed by atoms with Crippen LogP contribution in [0.2, 0.25) is 0 Å². The molecule has 0 saturated carbocycles. The second-order valence-electron chi connectivity index (χ2n) is 18.5. The highest BCUT2D eigenvalue weighted by atomic mass is 14.2. The van der Waals surface area contributed by atoms with Gasteiger partial charge in [0.05, 0.1) is 0 Å². The van der Waals surface area contributed by atoms with Gasteiger partial charge in [-0.1, -0.05) is 229 Å². The monoisotopic (exact) mass is 711 g/mol. The van der Waals surface area contributed by atoms with Gasteiger partial charge in [-0.25, -0.2) is 0 Å². The highest BCUT2D eigenvalue weighted by molar-refractivity contribution is 6.91. The minimum absolute atomic E-state index is 0.0297. The van der Waals surface area contributed by atoms with Crippen LogP contribution in [0.15, 0.2) is 145 Å². The topological polar surface area (TPSA) is 0 Å². The molecule has 1 heteroatoms. The van der Waals surface area contributed by atoms with E-state index in [1.165, 1.54) is 77.6 Å². The summed E-state index contributed by atoms with van der Waals surface area (Å²) >= 11 is 0. The van der Waals surface area contributed by atoms with Gasteiger partial charge >= 0.3 is 0 Å². The van der Waals surface area contributed by atoms with Gasteiger partial charge in [-0.05, 0) is 94.9 Å². The predicted molar refractivity (Wildman–Crippen MR) is 241 cm³/mol. The molecular formula is C53H63B. The molecule has 0 saturated heterocycles. The molecule has 0 amide bonds. The van der Waals surface area contributed by atoms with Crippen LogP contribution < -0.4 is 10.9 Å². The summed E-state index contributed by atoms with van der Waals surface area (Å²) in [4.78, 5) is 0. The first-order valence-corrected chi connectivity index (χ1v) is 19.9. The van der Waals surface area contributed by atoms with Crippen LogP contribution in [0.4, 0.5) is 0 Å². The lowest BCUT2D eigenvalue weighted by Crippen LogP contribution is -2.48. The van der Waals surface area contributed by atoms with E-state index >= 15 is 0 Å². The largest absolute Gasteiger partial charge is 0.238 e. The number of allylic oxidation sites excluding steroid dienone is 6. The average molecular weight is 711 g/mol. The third kappa shape index (κ3) is 9.73. The Bertz CT molecular complexity index is 2070. The Morgan fingerprint density at radius 2 is 1.02 bits per heavy atom. The van der Waals surface area contributed by atoms with Crippen molar-refractivity contribution in [1.29, 1.82) is 0 Å². The Morgan fingerprint density at radius 1 is 0.556 bits per heavy atom. The zero-order valence-electron chi connectivity index (χ0n) is 35.5. The first kappa shape index (κ1) is 40.6. The lowest BCUT2D eigenvalue weighted by molar-refractivity contribution is 0.590. The predicted octanol–water partition coefficient (Wildman–Crippen LogP) is 13.2. The molecule has 0 nitrogen and oxygen atoms in total. The minimum Gasteiger partial charge on any atom is -0.0870 e. The van der Waals surface area contributed by atoms with Crippen molar-refractivity contribution < 1.29 is 0 Å². The molecule has 0 aliphatic rings. The van der Waals surface area contributed by atoms with Crippen molar-refractivity contribution in [2.45, 2.75) is 113 Å². The van der Waals surface area contributed by atoms with E-state index in [4.69, 9.17) is 0 Å². The molecular weight excluding hydrogens is 647 g/mol. The van der Waals surface area contributed by atoms with Gasteiger partial charge in [0.25, 0.3) is 0 Å². The Balaban J connectivity index is 1.81. The summed E-state index contributed by atoms with van der Waals surface area (Å²) in [6, 6.07) is 43.5. The van der Waals surface area contributed by atoms with Crippen LogP contribution in [0.3, 0.4) is 0 Å². The maximum atomic E-state index is 2.51. The SMILES string of the molecule is C/C=C/C(=C\C(C)=C(/Cc1ccc(C(C)(C)C)cc1)B(c1cc(C(C)(C)C)ccc1C)c1cc(C(C)(C)C)ccc1C)c1ccc(-c2ccccc2)cc1. The van der Waals surface area contributed by atoms with E-state index in [1.807, 2.05) is 0 Å². The highest BCUT2D eigenvalue weighted by Crippen LogP contribution is 2.30. The molecule has 0 radical (unpaired) electrons. The molecule has 0 fully saturated rings. The molecule has 0 spiro atoms. The smallest absolute Gasteiger partial charge is 0.0870 e. The molecule has 5 rings (SSSR count). The van der Waals surface area contributed by atoms with Gasteiger partial charge in [-0.15, -0.1) is 0 Å². The lowest BCUT2D eigenvalue weighted by Gasteiger charge is -2.29. The van der Waals surface area contributed by atoms with Crippen LogP contribution in [0, 0.1) is 13.8 Å². The van der Waals surface area contributed by atoms with Crippen LogP contribution in [0.25, 0.3) is 16.7 Å². The van der Waals surface area contributed by atoms with Gasteiger partial charge in [-0.2, -0.15) is 0 Å². The second kappa shape index (κ2) is 16.4.